The zero-order valence-corrected chi connectivity index (χ0v) is 22.3. The smallest absolute Gasteiger partial charge is 0.253 e. The van der Waals surface area contributed by atoms with Crippen molar-refractivity contribution in [2.24, 2.45) is 0 Å². The van der Waals surface area contributed by atoms with Gasteiger partial charge in [0.15, 0.2) is 0 Å². The number of amides is 1. The largest absolute Gasteiger partial charge is 0.497 e. The van der Waals surface area contributed by atoms with Crippen molar-refractivity contribution in [3.8, 4) is 28.6 Å². The number of ether oxygens (including phenoxy) is 4. The van der Waals surface area contributed by atoms with Crippen molar-refractivity contribution in [1.82, 2.24) is 14.9 Å². The Bertz CT molecular complexity index is 1310. The fraction of sp³-hybridized carbons (Fsp3) is 0.286. The van der Waals surface area contributed by atoms with Crippen molar-refractivity contribution in [3.05, 3.63) is 81.8 Å². The Hall–Kier alpha value is -3.82. The van der Waals surface area contributed by atoms with Crippen LogP contribution in [0.25, 0.3) is 11.4 Å². The molecule has 0 aliphatic carbocycles. The first-order valence-corrected chi connectivity index (χ1v) is 12.7. The maximum absolute atomic E-state index is 12.9. The number of carbonyl (C=O) groups is 1. The first-order chi connectivity index (χ1) is 18.0. The second-order valence-corrected chi connectivity index (χ2v) is 9.24. The molecule has 8 nitrogen and oxygen atoms in total. The molecule has 0 fully saturated rings. The van der Waals surface area contributed by atoms with E-state index in [1.54, 1.807) is 21.3 Å². The molecule has 1 N–H and O–H groups in total. The average molecular weight is 522 g/mol. The highest BCUT2D eigenvalue weighted by Crippen LogP contribution is 2.29. The van der Waals surface area contributed by atoms with E-state index in [0.717, 1.165) is 44.9 Å². The van der Waals surface area contributed by atoms with Gasteiger partial charge in [0.1, 0.15) is 28.9 Å². The van der Waals surface area contributed by atoms with Crippen LogP contribution in [0, 0.1) is 6.92 Å². The van der Waals surface area contributed by atoms with Gasteiger partial charge in [-0.3, -0.25) is 4.79 Å². The molecular weight excluding hydrogens is 490 g/mol. The third-order valence-electron chi connectivity index (χ3n) is 5.94. The van der Waals surface area contributed by atoms with Gasteiger partial charge in [-0.05, 0) is 55.0 Å². The highest BCUT2D eigenvalue weighted by atomic mass is 32.1. The average Bonchev–Trinajstić information content (AvgIpc) is 3.53. The first-order valence-electron chi connectivity index (χ1n) is 11.8. The van der Waals surface area contributed by atoms with E-state index in [2.05, 4.69) is 9.88 Å². The Kier molecular flexibility index (Phi) is 8.81. The van der Waals surface area contributed by atoms with E-state index in [9.17, 15) is 4.79 Å². The van der Waals surface area contributed by atoms with Crippen molar-refractivity contribution in [2.45, 2.75) is 20.1 Å². The summed E-state index contributed by atoms with van der Waals surface area (Å²) in [7, 11) is 4.89. The van der Waals surface area contributed by atoms with Crippen LogP contribution in [0.2, 0.25) is 0 Å². The minimum Gasteiger partial charge on any atom is -0.497 e. The van der Waals surface area contributed by atoms with Crippen LogP contribution in [0.5, 0.6) is 17.2 Å². The number of hydrogen-bond donors (Lipinski definition) is 1. The fourth-order valence-corrected chi connectivity index (χ4v) is 4.58. The van der Waals surface area contributed by atoms with Crippen LogP contribution in [-0.4, -0.2) is 49.9 Å². The highest BCUT2D eigenvalue weighted by Gasteiger charge is 2.20. The fourth-order valence-electron chi connectivity index (χ4n) is 3.88. The lowest BCUT2D eigenvalue weighted by atomic mass is 10.2. The molecule has 2 aromatic carbocycles. The van der Waals surface area contributed by atoms with Gasteiger partial charge < -0.3 is 28.8 Å². The number of nitrogens with zero attached hydrogens (tertiary/aromatic N) is 2. The molecular formula is C28H31N3O5S. The third-order valence-corrected chi connectivity index (χ3v) is 6.76. The Labute approximate surface area is 220 Å². The van der Waals surface area contributed by atoms with Gasteiger partial charge in [-0.1, -0.05) is 12.1 Å². The van der Waals surface area contributed by atoms with Gasteiger partial charge in [0, 0.05) is 31.3 Å². The van der Waals surface area contributed by atoms with E-state index in [1.165, 1.54) is 11.3 Å². The molecule has 0 saturated heterocycles. The quantitative estimate of drug-likeness (QED) is 0.266. The van der Waals surface area contributed by atoms with Crippen LogP contribution in [0.15, 0.2) is 60.0 Å². The second-order valence-electron chi connectivity index (χ2n) is 8.30. The SMILES string of the molecule is COCCNC(=O)c1cc(-c2csc(COc3ccc(OC)cc3)n2)n(Cc2ccc(OC)cc2)c1C. The summed E-state index contributed by atoms with van der Waals surface area (Å²) in [5.74, 6) is 2.18. The number of carbonyl (C=O) groups excluding carboxylic acids is 1. The van der Waals surface area contributed by atoms with Gasteiger partial charge in [0.05, 0.1) is 37.8 Å². The predicted octanol–water partition coefficient (Wildman–Crippen LogP) is 4.94. The van der Waals surface area contributed by atoms with Gasteiger partial charge in [0.2, 0.25) is 0 Å². The molecule has 0 aliphatic rings. The Morgan fingerprint density at radius 1 is 0.973 bits per heavy atom. The standard InChI is InChI=1S/C28H31N3O5S/c1-19-24(28(32)29-13-14-33-2)15-26(31(19)16-20-5-7-21(34-3)8-6-20)25-18-37-27(30-25)17-36-23-11-9-22(35-4)10-12-23/h5-12,15,18H,13-14,16-17H2,1-4H3,(H,29,32). The monoisotopic (exact) mass is 521 g/mol. The lowest BCUT2D eigenvalue weighted by Crippen LogP contribution is -2.27. The topological polar surface area (TPSA) is 83.8 Å². The Morgan fingerprint density at radius 3 is 2.27 bits per heavy atom. The van der Waals surface area contributed by atoms with Crippen LogP contribution in [-0.2, 0) is 17.9 Å². The molecule has 0 saturated carbocycles. The molecule has 4 rings (SSSR count). The number of benzene rings is 2. The summed E-state index contributed by atoms with van der Waals surface area (Å²) < 4.78 is 23.6. The zero-order chi connectivity index (χ0) is 26.2. The lowest BCUT2D eigenvalue weighted by molar-refractivity contribution is 0.0936. The predicted molar refractivity (Wildman–Crippen MR) is 144 cm³/mol. The molecule has 0 bridgehead atoms. The molecule has 0 spiro atoms. The van der Waals surface area contributed by atoms with Crippen LogP contribution in [0.3, 0.4) is 0 Å². The minimum atomic E-state index is -0.137. The maximum atomic E-state index is 12.9. The van der Waals surface area contributed by atoms with Crippen LogP contribution >= 0.6 is 11.3 Å². The van der Waals surface area contributed by atoms with Gasteiger partial charge in [0.25, 0.3) is 5.91 Å². The molecule has 2 aromatic heterocycles. The summed E-state index contributed by atoms with van der Waals surface area (Å²) in [5.41, 5.74) is 4.24. The zero-order valence-electron chi connectivity index (χ0n) is 21.4. The number of rotatable bonds is 12. The first kappa shape index (κ1) is 26.2. The molecule has 2 heterocycles. The molecule has 37 heavy (non-hydrogen) atoms. The number of aromatic nitrogens is 2. The highest BCUT2D eigenvalue weighted by molar-refractivity contribution is 7.09. The molecule has 0 atom stereocenters. The summed E-state index contributed by atoms with van der Waals surface area (Å²) >= 11 is 1.52. The van der Waals surface area contributed by atoms with Crippen LogP contribution in [0.4, 0.5) is 0 Å². The summed E-state index contributed by atoms with van der Waals surface area (Å²) in [6.45, 7) is 3.79. The van der Waals surface area contributed by atoms with Gasteiger partial charge in [-0.15, -0.1) is 11.3 Å². The summed E-state index contributed by atoms with van der Waals surface area (Å²) in [6.07, 6.45) is 0. The number of nitrogens with one attached hydrogen (secondary N) is 1. The maximum Gasteiger partial charge on any atom is 0.253 e. The summed E-state index contributed by atoms with van der Waals surface area (Å²) in [4.78, 5) is 17.8. The molecule has 4 aromatic rings. The van der Waals surface area contributed by atoms with Crippen molar-refractivity contribution in [1.29, 1.82) is 0 Å². The van der Waals surface area contributed by atoms with Crippen molar-refractivity contribution < 1.29 is 23.7 Å². The van der Waals surface area contributed by atoms with Gasteiger partial charge >= 0.3 is 0 Å². The van der Waals surface area contributed by atoms with Gasteiger partial charge in [-0.25, -0.2) is 4.98 Å². The molecule has 0 aliphatic heterocycles. The molecule has 0 unspecified atom stereocenters. The normalized spacial score (nSPS) is 10.8. The summed E-state index contributed by atoms with van der Waals surface area (Å²) in [5, 5.41) is 5.76. The number of methoxy groups -OCH3 is 3. The van der Waals surface area contributed by atoms with Crippen LogP contribution in [0.1, 0.15) is 26.6 Å². The number of thiazole rings is 1. The molecule has 194 valence electrons. The van der Waals surface area contributed by atoms with E-state index in [-0.39, 0.29) is 5.91 Å². The van der Waals surface area contributed by atoms with E-state index in [0.29, 0.717) is 31.9 Å². The lowest BCUT2D eigenvalue weighted by Gasteiger charge is -2.12. The Morgan fingerprint density at radius 2 is 1.62 bits per heavy atom. The third kappa shape index (κ3) is 6.49. The van der Waals surface area contributed by atoms with Crippen molar-refractivity contribution >= 4 is 17.2 Å². The van der Waals surface area contributed by atoms with Crippen LogP contribution < -0.4 is 19.5 Å². The van der Waals surface area contributed by atoms with E-state index in [4.69, 9.17) is 23.9 Å². The minimum absolute atomic E-state index is 0.137. The molecule has 1 amide bonds. The summed E-state index contributed by atoms with van der Waals surface area (Å²) in [6, 6.07) is 17.3. The van der Waals surface area contributed by atoms with E-state index >= 15 is 0 Å². The van der Waals surface area contributed by atoms with Crippen molar-refractivity contribution in [2.75, 3.05) is 34.5 Å². The Balaban J connectivity index is 1.58. The van der Waals surface area contributed by atoms with E-state index in [1.807, 2.05) is 66.9 Å². The van der Waals surface area contributed by atoms with E-state index < -0.39 is 0 Å². The van der Waals surface area contributed by atoms with Crippen molar-refractivity contribution in [3.63, 3.8) is 0 Å². The second kappa shape index (κ2) is 12.4. The number of hydrogen-bond acceptors (Lipinski definition) is 7. The molecule has 0 radical (unpaired) electrons. The molecule has 9 heteroatoms. The van der Waals surface area contributed by atoms with Gasteiger partial charge in [-0.2, -0.15) is 0 Å².